The number of pyridine rings is 1. The Hall–Kier alpha value is -2.09. The summed E-state index contributed by atoms with van der Waals surface area (Å²) in [5, 5.41) is -0.0146. The fraction of sp³-hybridized carbons (Fsp3) is 0.200. The number of rotatable bonds is 5. The SMILES string of the molecule is COCOc1c(Cl)ccc(-c2cc(N)c(Cl)c(C(=O)OC)n2)c1F. The van der Waals surface area contributed by atoms with Crippen LogP contribution in [0.3, 0.4) is 0 Å². The predicted molar refractivity (Wildman–Crippen MR) is 87.9 cm³/mol. The highest BCUT2D eigenvalue weighted by molar-refractivity contribution is 6.35. The molecule has 0 amide bonds. The number of hydrogen-bond acceptors (Lipinski definition) is 6. The van der Waals surface area contributed by atoms with Crippen LogP contribution in [-0.4, -0.2) is 32.0 Å². The van der Waals surface area contributed by atoms with Crippen LogP contribution in [0.25, 0.3) is 11.3 Å². The van der Waals surface area contributed by atoms with Crippen molar-refractivity contribution >= 4 is 34.9 Å². The molecular weight excluding hydrogens is 362 g/mol. The van der Waals surface area contributed by atoms with Crippen molar-refractivity contribution < 1.29 is 23.4 Å². The molecule has 0 aliphatic heterocycles. The van der Waals surface area contributed by atoms with Gasteiger partial charge in [-0.15, -0.1) is 0 Å². The van der Waals surface area contributed by atoms with Crippen LogP contribution in [0.5, 0.6) is 5.75 Å². The van der Waals surface area contributed by atoms with Crippen molar-refractivity contribution in [2.45, 2.75) is 0 Å². The number of halogens is 3. The third-order valence-electron chi connectivity index (χ3n) is 3.01. The molecule has 1 aromatic heterocycles. The molecule has 0 saturated heterocycles. The summed E-state index contributed by atoms with van der Waals surface area (Å²) in [6, 6.07) is 4.14. The first kappa shape index (κ1) is 18.3. The van der Waals surface area contributed by atoms with Crippen molar-refractivity contribution in [1.82, 2.24) is 4.98 Å². The molecule has 0 aliphatic carbocycles. The second kappa shape index (κ2) is 7.65. The molecule has 9 heteroatoms. The lowest BCUT2D eigenvalue weighted by atomic mass is 10.1. The highest BCUT2D eigenvalue weighted by atomic mass is 35.5. The zero-order valence-corrected chi connectivity index (χ0v) is 14.2. The van der Waals surface area contributed by atoms with E-state index in [1.807, 2.05) is 0 Å². The van der Waals surface area contributed by atoms with Crippen LogP contribution in [0, 0.1) is 5.82 Å². The topological polar surface area (TPSA) is 83.7 Å². The van der Waals surface area contributed by atoms with E-state index in [1.54, 1.807) is 0 Å². The lowest BCUT2D eigenvalue weighted by molar-refractivity contribution is 0.0484. The van der Waals surface area contributed by atoms with E-state index in [9.17, 15) is 9.18 Å². The van der Waals surface area contributed by atoms with Crippen molar-refractivity contribution in [3.05, 3.63) is 39.8 Å². The van der Waals surface area contributed by atoms with Crippen LogP contribution in [-0.2, 0) is 9.47 Å². The van der Waals surface area contributed by atoms with Gasteiger partial charge in [0.25, 0.3) is 0 Å². The van der Waals surface area contributed by atoms with E-state index in [2.05, 4.69) is 9.72 Å². The number of aromatic nitrogens is 1. The normalized spacial score (nSPS) is 10.5. The molecule has 0 fully saturated rings. The van der Waals surface area contributed by atoms with Crippen molar-refractivity contribution in [2.24, 2.45) is 0 Å². The molecule has 1 heterocycles. The number of nitrogen functional groups attached to an aromatic ring is 1. The van der Waals surface area contributed by atoms with E-state index in [1.165, 1.54) is 32.4 Å². The van der Waals surface area contributed by atoms with Gasteiger partial charge in [0.05, 0.1) is 28.5 Å². The maximum Gasteiger partial charge on any atom is 0.358 e. The van der Waals surface area contributed by atoms with Gasteiger partial charge in [0.1, 0.15) is 0 Å². The largest absolute Gasteiger partial charge is 0.464 e. The lowest BCUT2D eigenvalue weighted by Crippen LogP contribution is -2.08. The van der Waals surface area contributed by atoms with E-state index in [4.69, 9.17) is 38.4 Å². The second-order valence-corrected chi connectivity index (χ2v) is 5.32. The van der Waals surface area contributed by atoms with Crippen molar-refractivity contribution in [3.8, 4) is 17.0 Å². The molecule has 0 bridgehead atoms. The van der Waals surface area contributed by atoms with Gasteiger partial charge in [-0.25, -0.2) is 14.2 Å². The number of nitrogens with zero attached hydrogens (tertiary/aromatic N) is 1. The molecule has 0 unspecified atom stereocenters. The standard InChI is InChI=1S/C15H13Cl2FN2O4/c1-22-6-24-14-8(16)4-3-7(12(14)18)10-5-9(19)11(17)13(20-10)15(21)23-2/h3-5H,6H2,1-2H3,(H2,19,20). The molecule has 6 nitrogen and oxygen atoms in total. The minimum atomic E-state index is -0.793. The van der Waals surface area contributed by atoms with Crippen LogP contribution >= 0.6 is 23.2 Å². The van der Waals surface area contributed by atoms with Crippen molar-refractivity contribution in [2.75, 3.05) is 26.7 Å². The third kappa shape index (κ3) is 3.53. The molecule has 0 spiro atoms. The summed E-state index contributed by atoms with van der Waals surface area (Å²) < 4.78 is 29.2. The maximum absolute atomic E-state index is 14.7. The summed E-state index contributed by atoms with van der Waals surface area (Å²) in [6.45, 7) is -0.191. The van der Waals surface area contributed by atoms with Crippen LogP contribution in [0.2, 0.25) is 10.0 Å². The Morgan fingerprint density at radius 2 is 2.04 bits per heavy atom. The second-order valence-electron chi connectivity index (χ2n) is 4.54. The third-order valence-corrected chi connectivity index (χ3v) is 3.71. The monoisotopic (exact) mass is 374 g/mol. The van der Waals surface area contributed by atoms with Gasteiger partial charge in [-0.2, -0.15) is 0 Å². The Bertz CT molecular complexity index is 787. The zero-order chi connectivity index (χ0) is 17.9. The number of ether oxygens (including phenoxy) is 3. The average Bonchev–Trinajstić information content (AvgIpc) is 2.56. The Kier molecular flexibility index (Phi) is 5.82. The molecule has 0 saturated carbocycles. The van der Waals surface area contributed by atoms with Crippen LogP contribution < -0.4 is 10.5 Å². The average molecular weight is 375 g/mol. The number of anilines is 1. The Balaban J connectivity index is 2.60. The highest BCUT2D eigenvalue weighted by Gasteiger charge is 2.21. The van der Waals surface area contributed by atoms with Crippen LogP contribution in [0.1, 0.15) is 10.5 Å². The summed E-state index contributed by atoms with van der Waals surface area (Å²) in [5.41, 5.74) is 5.71. The molecule has 1 aromatic carbocycles. The number of nitrogens with two attached hydrogens (primary N) is 1. The molecular formula is C15H13Cl2FN2O4. The lowest BCUT2D eigenvalue weighted by Gasteiger charge is -2.13. The minimum Gasteiger partial charge on any atom is -0.464 e. The molecule has 2 rings (SSSR count). The van der Waals surface area contributed by atoms with Gasteiger partial charge in [0.15, 0.2) is 24.1 Å². The molecule has 0 atom stereocenters. The summed E-state index contributed by atoms with van der Waals surface area (Å²) in [5.74, 6) is -1.77. The Morgan fingerprint density at radius 1 is 1.33 bits per heavy atom. The quantitative estimate of drug-likeness (QED) is 0.636. The maximum atomic E-state index is 14.7. The van der Waals surface area contributed by atoms with E-state index in [0.717, 1.165) is 0 Å². The summed E-state index contributed by atoms with van der Waals surface area (Å²) in [6.07, 6.45) is 0. The van der Waals surface area contributed by atoms with Gasteiger partial charge in [-0.05, 0) is 18.2 Å². The fourth-order valence-corrected chi connectivity index (χ4v) is 2.27. The van der Waals surface area contributed by atoms with Gasteiger partial charge in [-0.1, -0.05) is 23.2 Å². The number of carbonyl (C=O) groups is 1. The molecule has 2 N–H and O–H groups in total. The van der Waals surface area contributed by atoms with Crippen molar-refractivity contribution in [3.63, 3.8) is 0 Å². The van der Waals surface area contributed by atoms with Gasteiger partial charge in [0.2, 0.25) is 0 Å². The molecule has 0 radical (unpaired) electrons. The summed E-state index contributed by atoms with van der Waals surface area (Å²) in [7, 11) is 2.56. The fourth-order valence-electron chi connectivity index (χ4n) is 1.90. The first-order valence-electron chi connectivity index (χ1n) is 6.55. The number of methoxy groups -OCH3 is 2. The first-order chi connectivity index (χ1) is 11.4. The van der Waals surface area contributed by atoms with E-state index < -0.39 is 11.8 Å². The minimum absolute atomic E-state index is 0.0269. The molecule has 128 valence electrons. The van der Waals surface area contributed by atoms with Gasteiger partial charge >= 0.3 is 5.97 Å². The van der Waals surface area contributed by atoms with Gasteiger partial charge < -0.3 is 19.9 Å². The smallest absolute Gasteiger partial charge is 0.358 e. The summed E-state index contributed by atoms with van der Waals surface area (Å²) >= 11 is 11.9. The Morgan fingerprint density at radius 3 is 2.67 bits per heavy atom. The Labute approximate surface area is 147 Å². The van der Waals surface area contributed by atoms with Gasteiger partial charge in [0, 0.05) is 12.7 Å². The number of carbonyl (C=O) groups excluding carboxylic acids is 1. The highest BCUT2D eigenvalue weighted by Crippen LogP contribution is 2.36. The van der Waals surface area contributed by atoms with E-state index >= 15 is 0 Å². The van der Waals surface area contributed by atoms with Crippen LogP contribution in [0.4, 0.5) is 10.1 Å². The molecule has 2 aromatic rings. The first-order valence-corrected chi connectivity index (χ1v) is 7.30. The number of hydrogen-bond donors (Lipinski definition) is 1. The van der Waals surface area contributed by atoms with Crippen LogP contribution in [0.15, 0.2) is 18.2 Å². The predicted octanol–water partition coefficient (Wildman–Crippen LogP) is 3.55. The molecule has 24 heavy (non-hydrogen) atoms. The molecule has 0 aliphatic rings. The number of benzene rings is 1. The van der Waals surface area contributed by atoms with Crippen molar-refractivity contribution in [1.29, 1.82) is 0 Å². The van der Waals surface area contributed by atoms with E-state index in [0.29, 0.717) is 0 Å². The van der Waals surface area contributed by atoms with Gasteiger partial charge in [-0.3, -0.25) is 0 Å². The summed E-state index contributed by atoms with van der Waals surface area (Å²) in [4.78, 5) is 15.8. The number of esters is 1. The van der Waals surface area contributed by atoms with E-state index in [-0.39, 0.29) is 45.2 Å². The zero-order valence-electron chi connectivity index (χ0n) is 12.7.